The Bertz CT molecular complexity index is 689. The van der Waals surface area contributed by atoms with Crippen LogP contribution in [0.2, 0.25) is 0 Å². The highest BCUT2D eigenvalue weighted by Gasteiger charge is 2.06. The summed E-state index contributed by atoms with van der Waals surface area (Å²) >= 11 is 0. The number of hydrogen-bond acceptors (Lipinski definition) is 4. The summed E-state index contributed by atoms with van der Waals surface area (Å²) in [6.45, 7) is 2.99. The number of carbonyl (C=O) groups is 2. The molecule has 0 spiro atoms. The Balaban J connectivity index is 1.60. The Kier molecular flexibility index (Phi) is 7.43. The number of benzene rings is 1. The standard InChI is InChI=1S/C19H23N3O3/c1-2-15-7-3-4-9-17(15)25-14-18(23)21-11-6-12-22-19(24)16-8-5-10-20-13-16/h3-5,7-10,13H,2,6,11-12,14H2,1H3,(H,21,23)(H,22,24). The number of aryl methyl sites for hydroxylation is 1. The van der Waals surface area contributed by atoms with Crippen LogP contribution in [0.4, 0.5) is 0 Å². The largest absolute Gasteiger partial charge is 0.483 e. The van der Waals surface area contributed by atoms with Gasteiger partial charge in [0.25, 0.3) is 11.8 Å². The fraction of sp³-hybridized carbons (Fsp3) is 0.316. The minimum absolute atomic E-state index is 0.0148. The van der Waals surface area contributed by atoms with Crippen molar-refractivity contribution in [1.82, 2.24) is 15.6 Å². The molecule has 6 nitrogen and oxygen atoms in total. The van der Waals surface area contributed by atoms with Crippen molar-refractivity contribution in [2.45, 2.75) is 19.8 Å². The van der Waals surface area contributed by atoms with Crippen LogP contribution < -0.4 is 15.4 Å². The molecule has 0 aliphatic carbocycles. The van der Waals surface area contributed by atoms with Gasteiger partial charge in [0, 0.05) is 25.5 Å². The van der Waals surface area contributed by atoms with Crippen LogP contribution >= 0.6 is 0 Å². The van der Waals surface area contributed by atoms with Crippen LogP contribution in [0.5, 0.6) is 5.75 Å². The van der Waals surface area contributed by atoms with E-state index in [1.165, 1.54) is 6.20 Å². The lowest BCUT2D eigenvalue weighted by molar-refractivity contribution is -0.123. The molecule has 2 N–H and O–H groups in total. The van der Waals surface area contributed by atoms with Gasteiger partial charge in [0.05, 0.1) is 5.56 Å². The summed E-state index contributed by atoms with van der Waals surface area (Å²) in [5.74, 6) is 0.396. The summed E-state index contributed by atoms with van der Waals surface area (Å²) in [5, 5.41) is 5.56. The average Bonchev–Trinajstić information content (AvgIpc) is 2.66. The van der Waals surface area contributed by atoms with Crippen molar-refractivity contribution in [3.8, 4) is 5.75 Å². The average molecular weight is 341 g/mol. The van der Waals surface area contributed by atoms with Crippen LogP contribution in [0.1, 0.15) is 29.3 Å². The summed E-state index contributed by atoms with van der Waals surface area (Å²) in [6.07, 6.45) is 4.63. The quantitative estimate of drug-likeness (QED) is 0.683. The van der Waals surface area contributed by atoms with E-state index in [2.05, 4.69) is 15.6 Å². The maximum absolute atomic E-state index is 11.8. The summed E-state index contributed by atoms with van der Waals surface area (Å²) in [5.41, 5.74) is 1.60. The molecule has 0 unspecified atom stereocenters. The molecule has 0 saturated heterocycles. The van der Waals surface area contributed by atoms with Gasteiger partial charge in [-0.3, -0.25) is 14.6 Å². The third kappa shape index (κ3) is 6.25. The molecule has 6 heteroatoms. The SMILES string of the molecule is CCc1ccccc1OCC(=O)NCCCNC(=O)c1cccnc1. The molecule has 0 aliphatic heterocycles. The molecular formula is C19H23N3O3. The minimum Gasteiger partial charge on any atom is -0.483 e. The van der Waals surface area contributed by atoms with Crippen LogP contribution in [0.3, 0.4) is 0 Å². The molecule has 0 radical (unpaired) electrons. The van der Waals surface area contributed by atoms with Crippen molar-refractivity contribution >= 4 is 11.8 Å². The topological polar surface area (TPSA) is 80.3 Å². The van der Waals surface area contributed by atoms with Crippen LogP contribution in [-0.2, 0) is 11.2 Å². The number of ether oxygens (including phenoxy) is 1. The maximum Gasteiger partial charge on any atom is 0.257 e. The molecule has 0 saturated carbocycles. The Hall–Kier alpha value is -2.89. The van der Waals surface area contributed by atoms with Crippen molar-refractivity contribution in [3.63, 3.8) is 0 Å². The van der Waals surface area contributed by atoms with Gasteiger partial charge in [0.2, 0.25) is 0 Å². The first-order valence-electron chi connectivity index (χ1n) is 8.36. The van der Waals surface area contributed by atoms with Crippen LogP contribution in [0.15, 0.2) is 48.8 Å². The summed E-state index contributed by atoms with van der Waals surface area (Å²) < 4.78 is 5.55. The smallest absolute Gasteiger partial charge is 0.257 e. The van der Waals surface area contributed by atoms with Crippen LogP contribution in [-0.4, -0.2) is 36.5 Å². The number of nitrogens with zero attached hydrogens (tertiary/aromatic N) is 1. The van der Waals surface area contributed by atoms with E-state index in [9.17, 15) is 9.59 Å². The van der Waals surface area contributed by atoms with Gasteiger partial charge in [-0.15, -0.1) is 0 Å². The molecule has 1 aromatic carbocycles. The molecule has 0 aliphatic rings. The van der Waals surface area contributed by atoms with Gasteiger partial charge in [-0.05, 0) is 36.6 Å². The van der Waals surface area contributed by atoms with E-state index in [0.29, 0.717) is 25.1 Å². The van der Waals surface area contributed by atoms with Crippen LogP contribution in [0.25, 0.3) is 0 Å². The Morgan fingerprint density at radius 1 is 1.08 bits per heavy atom. The van der Waals surface area contributed by atoms with Gasteiger partial charge in [0.1, 0.15) is 5.75 Å². The number of nitrogens with one attached hydrogen (secondary N) is 2. The van der Waals surface area contributed by atoms with Crippen molar-refractivity contribution in [3.05, 3.63) is 59.9 Å². The second kappa shape index (κ2) is 10.1. The molecule has 25 heavy (non-hydrogen) atoms. The lowest BCUT2D eigenvalue weighted by Gasteiger charge is -2.10. The van der Waals surface area contributed by atoms with Gasteiger partial charge in [0.15, 0.2) is 6.61 Å². The van der Waals surface area contributed by atoms with Gasteiger partial charge in [-0.1, -0.05) is 25.1 Å². The number of carbonyl (C=O) groups excluding carboxylic acids is 2. The van der Waals surface area contributed by atoms with E-state index < -0.39 is 0 Å². The first kappa shape index (κ1) is 18.4. The molecule has 1 aromatic heterocycles. The molecular weight excluding hydrogens is 318 g/mol. The van der Waals surface area contributed by atoms with Crippen molar-refractivity contribution in [1.29, 1.82) is 0 Å². The highest BCUT2D eigenvalue weighted by atomic mass is 16.5. The number of amides is 2. The highest BCUT2D eigenvalue weighted by Crippen LogP contribution is 2.17. The van der Waals surface area contributed by atoms with Crippen molar-refractivity contribution in [2.75, 3.05) is 19.7 Å². The first-order valence-corrected chi connectivity index (χ1v) is 8.36. The molecule has 0 atom stereocenters. The lowest BCUT2D eigenvalue weighted by Crippen LogP contribution is -2.32. The summed E-state index contributed by atoms with van der Waals surface area (Å²) in [6, 6.07) is 11.1. The minimum atomic E-state index is -0.176. The number of hydrogen-bond donors (Lipinski definition) is 2. The predicted molar refractivity (Wildman–Crippen MR) is 95.5 cm³/mol. The molecule has 132 valence electrons. The summed E-state index contributed by atoms with van der Waals surface area (Å²) in [7, 11) is 0. The molecule has 1 heterocycles. The zero-order valence-corrected chi connectivity index (χ0v) is 14.3. The Morgan fingerprint density at radius 2 is 1.88 bits per heavy atom. The molecule has 2 amide bonds. The number of rotatable bonds is 9. The fourth-order valence-electron chi connectivity index (χ4n) is 2.25. The summed E-state index contributed by atoms with van der Waals surface area (Å²) in [4.78, 5) is 27.5. The molecule has 0 fully saturated rings. The second-order valence-corrected chi connectivity index (χ2v) is 5.45. The molecule has 0 bridgehead atoms. The van der Waals surface area contributed by atoms with Gasteiger partial charge < -0.3 is 15.4 Å². The van der Waals surface area contributed by atoms with E-state index >= 15 is 0 Å². The van der Waals surface area contributed by atoms with Gasteiger partial charge in [-0.25, -0.2) is 0 Å². The molecule has 2 aromatic rings. The fourth-order valence-corrected chi connectivity index (χ4v) is 2.25. The van der Waals surface area contributed by atoms with Crippen LogP contribution in [0, 0.1) is 0 Å². The van der Waals surface area contributed by atoms with E-state index in [0.717, 1.165) is 17.7 Å². The Labute approximate surface area is 147 Å². The maximum atomic E-state index is 11.8. The van der Waals surface area contributed by atoms with Gasteiger partial charge >= 0.3 is 0 Å². The zero-order valence-electron chi connectivity index (χ0n) is 14.3. The number of para-hydroxylation sites is 1. The van der Waals surface area contributed by atoms with E-state index in [-0.39, 0.29) is 18.4 Å². The monoisotopic (exact) mass is 341 g/mol. The third-order valence-corrected chi connectivity index (χ3v) is 3.60. The number of aromatic nitrogens is 1. The normalized spacial score (nSPS) is 10.1. The van der Waals surface area contributed by atoms with Crippen molar-refractivity contribution in [2.24, 2.45) is 0 Å². The van der Waals surface area contributed by atoms with E-state index in [1.54, 1.807) is 18.3 Å². The van der Waals surface area contributed by atoms with Gasteiger partial charge in [-0.2, -0.15) is 0 Å². The third-order valence-electron chi connectivity index (χ3n) is 3.60. The predicted octanol–water partition coefficient (Wildman–Crippen LogP) is 1.96. The second-order valence-electron chi connectivity index (χ2n) is 5.45. The lowest BCUT2D eigenvalue weighted by atomic mass is 10.1. The zero-order chi connectivity index (χ0) is 17.9. The van der Waals surface area contributed by atoms with E-state index in [1.807, 2.05) is 31.2 Å². The highest BCUT2D eigenvalue weighted by molar-refractivity contribution is 5.93. The first-order chi connectivity index (χ1) is 12.2. The van der Waals surface area contributed by atoms with E-state index in [4.69, 9.17) is 4.74 Å². The Morgan fingerprint density at radius 3 is 2.64 bits per heavy atom. The number of pyridine rings is 1. The van der Waals surface area contributed by atoms with Crippen molar-refractivity contribution < 1.29 is 14.3 Å². The molecule has 2 rings (SSSR count).